The number of hydrogen-bond acceptors (Lipinski definition) is 3. The van der Waals surface area contributed by atoms with E-state index in [9.17, 15) is 4.79 Å². The van der Waals surface area contributed by atoms with E-state index in [4.69, 9.17) is 16.3 Å². The van der Waals surface area contributed by atoms with Crippen molar-refractivity contribution in [3.63, 3.8) is 0 Å². The number of ether oxygens (including phenoxy) is 1. The van der Waals surface area contributed by atoms with Crippen LogP contribution in [0.5, 0.6) is 0 Å². The highest BCUT2D eigenvalue weighted by molar-refractivity contribution is 6.31. The average Bonchev–Trinajstić information content (AvgIpc) is 2.38. The lowest BCUT2D eigenvalue weighted by molar-refractivity contribution is 0.0788. The molecule has 0 radical (unpaired) electrons. The Balaban J connectivity index is 2.75. The van der Waals surface area contributed by atoms with Gasteiger partial charge in [-0.15, -0.1) is 0 Å². The Morgan fingerprint density at radius 2 is 2.22 bits per heavy atom. The van der Waals surface area contributed by atoms with E-state index in [2.05, 4.69) is 4.90 Å². The molecule has 3 nitrogen and oxygen atoms in total. The van der Waals surface area contributed by atoms with Crippen LogP contribution < -0.4 is 0 Å². The van der Waals surface area contributed by atoms with Crippen molar-refractivity contribution in [1.82, 2.24) is 4.90 Å². The van der Waals surface area contributed by atoms with Gasteiger partial charge in [0.2, 0.25) is 0 Å². The standard InChI is InChI=1S/C14H20ClNO2/c1-4-16(8-9-18-3)11(2)14(17)12-6-5-7-13(15)10-12/h5-7,10-11H,4,8-9H2,1-3H3. The first kappa shape index (κ1) is 15.2. The van der Waals surface area contributed by atoms with Gasteiger partial charge in [0.05, 0.1) is 12.6 Å². The van der Waals surface area contributed by atoms with Crippen LogP contribution in [0.25, 0.3) is 0 Å². The fourth-order valence-corrected chi connectivity index (χ4v) is 2.07. The summed E-state index contributed by atoms with van der Waals surface area (Å²) in [7, 11) is 1.66. The largest absolute Gasteiger partial charge is 0.383 e. The van der Waals surface area contributed by atoms with Gasteiger partial charge in [-0.25, -0.2) is 0 Å². The quantitative estimate of drug-likeness (QED) is 0.713. The van der Waals surface area contributed by atoms with Crippen molar-refractivity contribution in [2.24, 2.45) is 0 Å². The van der Waals surface area contributed by atoms with Crippen molar-refractivity contribution in [2.45, 2.75) is 19.9 Å². The predicted molar refractivity (Wildman–Crippen MR) is 74.4 cm³/mol. The first-order chi connectivity index (χ1) is 8.60. The number of hydrogen-bond donors (Lipinski definition) is 0. The molecular weight excluding hydrogens is 250 g/mol. The molecule has 0 aliphatic rings. The van der Waals surface area contributed by atoms with E-state index in [1.54, 1.807) is 31.4 Å². The maximum absolute atomic E-state index is 12.3. The molecule has 1 atom stereocenters. The number of halogens is 1. The van der Waals surface area contributed by atoms with Crippen LogP contribution in [0.2, 0.25) is 5.02 Å². The number of carbonyl (C=O) groups excluding carboxylic acids is 1. The molecule has 0 saturated carbocycles. The van der Waals surface area contributed by atoms with Crippen molar-refractivity contribution < 1.29 is 9.53 Å². The molecule has 0 heterocycles. The SMILES string of the molecule is CCN(CCOC)C(C)C(=O)c1cccc(Cl)c1. The highest BCUT2D eigenvalue weighted by Crippen LogP contribution is 2.14. The van der Waals surface area contributed by atoms with Gasteiger partial charge in [0.15, 0.2) is 5.78 Å². The molecule has 4 heteroatoms. The van der Waals surface area contributed by atoms with Crippen LogP contribution in [0.4, 0.5) is 0 Å². The molecule has 0 fully saturated rings. The van der Waals surface area contributed by atoms with E-state index in [0.717, 1.165) is 13.1 Å². The summed E-state index contributed by atoms with van der Waals surface area (Å²) in [6, 6.07) is 6.92. The van der Waals surface area contributed by atoms with Crippen LogP contribution in [0.3, 0.4) is 0 Å². The van der Waals surface area contributed by atoms with E-state index in [0.29, 0.717) is 17.2 Å². The normalized spacial score (nSPS) is 12.7. The zero-order valence-corrected chi connectivity index (χ0v) is 11.9. The van der Waals surface area contributed by atoms with Gasteiger partial charge in [-0.2, -0.15) is 0 Å². The summed E-state index contributed by atoms with van der Waals surface area (Å²) in [4.78, 5) is 14.4. The molecule has 0 aliphatic heterocycles. The first-order valence-electron chi connectivity index (χ1n) is 6.13. The van der Waals surface area contributed by atoms with Crippen molar-refractivity contribution >= 4 is 17.4 Å². The van der Waals surface area contributed by atoms with Crippen LogP contribution in [0, 0.1) is 0 Å². The monoisotopic (exact) mass is 269 g/mol. The predicted octanol–water partition coefficient (Wildman–Crippen LogP) is 2.88. The molecule has 0 aromatic heterocycles. The van der Waals surface area contributed by atoms with E-state index >= 15 is 0 Å². The number of ketones is 1. The smallest absolute Gasteiger partial charge is 0.179 e. The topological polar surface area (TPSA) is 29.5 Å². The highest BCUT2D eigenvalue weighted by atomic mass is 35.5. The molecule has 100 valence electrons. The lowest BCUT2D eigenvalue weighted by atomic mass is 10.0. The molecule has 1 rings (SSSR count). The van der Waals surface area contributed by atoms with Gasteiger partial charge in [-0.3, -0.25) is 9.69 Å². The van der Waals surface area contributed by atoms with Crippen molar-refractivity contribution in [3.8, 4) is 0 Å². The molecule has 1 aromatic carbocycles. The summed E-state index contributed by atoms with van der Waals surface area (Å²) in [6.45, 7) is 6.15. The van der Waals surface area contributed by atoms with E-state index in [1.807, 2.05) is 13.8 Å². The summed E-state index contributed by atoms with van der Waals surface area (Å²) in [5, 5.41) is 0.591. The zero-order valence-electron chi connectivity index (χ0n) is 11.1. The van der Waals surface area contributed by atoms with E-state index in [1.165, 1.54) is 0 Å². The Labute approximate surface area is 114 Å². The summed E-state index contributed by atoms with van der Waals surface area (Å²) in [5.74, 6) is 0.0930. The van der Waals surface area contributed by atoms with Crippen molar-refractivity contribution in [2.75, 3.05) is 26.8 Å². The lowest BCUT2D eigenvalue weighted by Crippen LogP contribution is -2.40. The fraction of sp³-hybridized carbons (Fsp3) is 0.500. The number of likely N-dealkylation sites (N-methyl/N-ethyl adjacent to an activating group) is 1. The Bertz CT molecular complexity index is 395. The van der Waals surface area contributed by atoms with Crippen LogP contribution in [-0.4, -0.2) is 43.5 Å². The highest BCUT2D eigenvalue weighted by Gasteiger charge is 2.21. The number of methoxy groups -OCH3 is 1. The Morgan fingerprint density at radius 1 is 1.50 bits per heavy atom. The summed E-state index contributed by atoms with van der Waals surface area (Å²) in [6.07, 6.45) is 0. The Morgan fingerprint density at radius 3 is 2.78 bits per heavy atom. The van der Waals surface area contributed by atoms with Gasteiger partial charge in [0.1, 0.15) is 0 Å². The second-order valence-electron chi connectivity index (χ2n) is 4.17. The second-order valence-corrected chi connectivity index (χ2v) is 4.61. The maximum atomic E-state index is 12.3. The number of Topliss-reactive ketones (excluding diaryl/α,β-unsaturated/α-hetero) is 1. The minimum Gasteiger partial charge on any atom is -0.383 e. The number of carbonyl (C=O) groups is 1. The molecule has 0 N–H and O–H groups in total. The summed E-state index contributed by atoms with van der Waals surface area (Å²) in [5.41, 5.74) is 0.658. The lowest BCUT2D eigenvalue weighted by Gasteiger charge is -2.26. The van der Waals surface area contributed by atoms with Crippen LogP contribution in [0.1, 0.15) is 24.2 Å². The molecule has 1 unspecified atom stereocenters. The van der Waals surface area contributed by atoms with Crippen molar-refractivity contribution in [3.05, 3.63) is 34.9 Å². The zero-order chi connectivity index (χ0) is 13.5. The Kier molecular flexibility index (Phi) is 6.33. The van der Waals surface area contributed by atoms with E-state index in [-0.39, 0.29) is 11.8 Å². The van der Waals surface area contributed by atoms with Crippen LogP contribution in [-0.2, 0) is 4.74 Å². The summed E-state index contributed by atoms with van der Waals surface area (Å²) < 4.78 is 5.05. The third kappa shape index (κ3) is 4.09. The Hall–Kier alpha value is -0.900. The summed E-state index contributed by atoms with van der Waals surface area (Å²) >= 11 is 5.90. The molecule has 0 saturated heterocycles. The van der Waals surface area contributed by atoms with E-state index < -0.39 is 0 Å². The molecule has 0 bridgehead atoms. The molecule has 0 aliphatic carbocycles. The maximum Gasteiger partial charge on any atom is 0.179 e. The molecule has 1 aromatic rings. The number of nitrogens with zero attached hydrogens (tertiary/aromatic N) is 1. The minimum absolute atomic E-state index is 0.0930. The molecular formula is C14H20ClNO2. The van der Waals surface area contributed by atoms with Gasteiger partial charge >= 0.3 is 0 Å². The average molecular weight is 270 g/mol. The second kappa shape index (κ2) is 7.52. The van der Waals surface area contributed by atoms with Gasteiger partial charge in [0.25, 0.3) is 0 Å². The number of rotatable bonds is 7. The van der Waals surface area contributed by atoms with Crippen LogP contribution >= 0.6 is 11.6 Å². The molecule has 18 heavy (non-hydrogen) atoms. The van der Waals surface area contributed by atoms with Gasteiger partial charge in [-0.1, -0.05) is 30.7 Å². The van der Waals surface area contributed by atoms with Crippen LogP contribution in [0.15, 0.2) is 24.3 Å². The third-order valence-corrected chi connectivity index (χ3v) is 3.26. The first-order valence-corrected chi connectivity index (χ1v) is 6.50. The van der Waals surface area contributed by atoms with Gasteiger partial charge < -0.3 is 4.74 Å². The number of benzene rings is 1. The fourth-order valence-electron chi connectivity index (χ4n) is 1.88. The molecule has 0 spiro atoms. The minimum atomic E-state index is -0.163. The van der Waals surface area contributed by atoms with Gasteiger partial charge in [-0.05, 0) is 25.6 Å². The molecule has 0 amide bonds. The van der Waals surface area contributed by atoms with Gasteiger partial charge in [0, 0.05) is 24.2 Å². The van der Waals surface area contributed by atoms with Crippen molar-refractivity contribution in [1.29, 1.82) is 0 Å². The third-order valence-electron chi connectivity index (χ3n) is 3.03.